The van der Waals surface area contributed by atoms with Gasteiger partial charge in [-0.1, -0.05) is 11.6 Å². The van der Waals surface area contributed by atoms with E-state index in [0.717, 1.165) is 39.3 Å². The zero-order valence-electron chi connectivity index (χ0n) is 11.4. The molecular weight excluding hydrogens is 331 g/mol. The molecule has 0 atom stereocenters. The van der Waals surface area contributed by atoms with Crippen molar-refractivity contribution in [3.63, 3.8) is 0 Å². The minimum Gasteiger partial charge on any atom is -0.242 e. The zero-order valence-corrected chi connectivity index (χ0v) is 13.9. The van der Waals surface area contributed by atoms with Crippen LogP contribution < -0.4 is 0 Å². The average molecular weight is 347 g/mol. The van der Waals surface area contributed by atoms with Crippen LogP contribution in [0.15, 0.2) is 33.3 Å². The molecule has 0 N–H and O–H groups in total. The molecule has 0 amide bonds. The largest absolute Gasteiger partial charge is 0.284 e. The second-order valence-electron chi connectivity index (χ2n) is 5.41. The summed E-state index contributed by atoms with van der Waals surface area (Å²) in [5, 5.41) is 0.526. The van der Waals surface area contributed by atoms with Gasteiger partial charge in [0.15, 0.2) is 7.51 Å². The van der Waals surface area contributed by atoms with E-state index in [4.69, 9.17) is 11.6 Å². The molecule has 4 rings (SSSR count). The van der Waals surface area contributed by atoms with Crippen molar-refractivity contribution in [3.05, 3.63) is 29.3 Å². The van der Waals surface area contributed by atoms with E-state index in [9.17, 15) is 8.42 Å². The van der Waals surface area contributed by atoms with Crippen LogP contribution in [-0.2, 0) is 10.0 Å². The van der Waals surface area contributed by atoms with Crippen molar-refractivity contribution in [3.8, 4) is 0 Å². The summed E-state index contributed by atoms with van der Waals surface area (Å²) in [5.41, 5.74) is 0. The number of hydrogen-bond acceptors (Lipinski definition) is 2. The minimum atomic E-state index is -3.66. The first-order valence-corrected chi connectivity index (χ1v) is 10.3. The van der Waals surface area contributed by atoms with Crippen molar-refractivity contribution < 1.29 is 8.42 Å². The molecular formula is C12H16ClN4O2PS. The number of benzene rings is 1. The molecule has 0 saturated carbocycles. The van der Waals surface area contributed by atoms with Crippen LogP contribution in [0.3, 0.4) is 0 Å². The zero-order chi connectivity index (χ0) is 14.7. The highest BCUT2D eigenvalue weighted by atomic mass is 35.5. The molecule has 1 aromatic carbocycles. The van der Waals surface area contributed by atoms with Gasteiger partial charge < -0.3 is 0 Å². The van der Waals surface area contributed by atoms with Gasteiger partial charge in [0.1, 0.15) is 0 Å². The topological polar surface area (TPSA) is 55.5 Å². The van der Waals surface area contributed by atoms with Gasteiger partial charge in [-0.2, -0.15) is 8.42 Å². The molecule has 0 aliphatic carbocycles. The molecule has 6 nitrogen and oxygen atoms in total. The number of hydrogen-bond donors (Lipinski definition) is 0. The summed E-state index contributed by atoms with van der Waals surface area (Å²) in [5.74, 6) is 0. The highest BCUT2D eigenvalue weighted by Crippen LogP contribution is 2.68. The summed E-state index contributed by atoms with van der Waals surface area (Å²) < 4.78 is 36.5. The van der Waals surface area contributed by atoms with Crippen LogP contribution in [0.25, 0.3) is 0 Å². The molecule has 3 aliphatic rings. The van der Waals surface area contributed by atoms with Gasteiger partial charge in [0.25, 0.3) is 10.0 Å². The average Bonchev–Trinajstić information content (AvgIpc) is 3.30. The van der Waals surface area contributed by atoms with E-state index >= 15 is 0 Å². The second-order valence-corrected chi connectivity index (χ2v) is 10.7. The maximum absolute atomic E-state index is 12.7. The summed E-state index contributed by atoms with van der Waals surface area (Å²) >= 11 is 5.83. The highest BCUT2D eigenvalue weighted by molar-refractivity contribution is 7.93. The third-order valence-electron chi connectivity index (χ3n) is 3.74. The summed E-state index contributed by atoms with van der Waals surface area (Å²) in [4.78, 5) is 0.224. The van der Waals surface area contributed by atoms with Crippen molar-refractivity contribution in [2.24, 2.45) is 4.15 Å². The van der Waals surface area contributed by atoms with Crippen LogP contribution in [0.1, 0.15) is 0 Å². The molecule has 9 heteroatoms. The van der Waals surface area contributed by atoms with Gasteiger partial charge in [-0.25, -0.2) is 14.0 Å². The maximum atomic E-state index is 12.7. The van der Waals surface area contributed by atoms with Crippen molar-refractivity contribution in [2.45, 2.75) is 4.90 Å². The van der Waals surface area contributed by atoms with Crippen molar-refractivity contribution in [1.29, 1.82) is 0 Å². The molecule has 0 radical (unpaired) electrons. The first-order chi connectivity index (χ1) is 10.0. The van der Waals surface area contributed by atoms with Crippen LogP contribution in [-0.4, -0.2) is 61.7 Å². The smallest absolute Gasteiger partial charge is 0.242 e. The monoisotopic (exact) mass is 346 g/mol. The van der Waals surface area contributed by atoms with E-state index in [1.54, 1.807) is 12.1 Å². The Kier molecular flexibility index (Phi) is 3.23. The third kappa shape index (κ3) is 2.56. The lowest BCUT2D eigenvalue weighted by Gasteiger charge is -2.27. The quantitative estimate of drug-likeness (QED) is 0.602. The van der Waals surface area contributed by atoms with Crippen molar-refractivity contribution in [2.75, 3.05) is 39.3 Å². The maximum Gasteiger partial charge on any atom is 0.284 e. The van der Waals surface area contributed by atoms with Gasteiger partial charge in [0.05, 0.1) is 4.90 Å². The first kappa shape index (κ1) is 14.2. The Morgan fingerprint density at radius 3 is 1.71 bits per heavy atom. The molecule has 0 aromatic heterocycles. The Hall–Kier alpha value is -0.430. The molecule has 21 heavy (non-hydrogen) atoms. The molecule has 3 saturated heterocycles. The van der Waals surface area contributed by atoms with E-state index in [1.165, 1.54) is 12.1 Å². The molecule has 3 fully saturated rings. The third-order valence-corrected chi connectivity index (χ3v) is 10.1. The van der Waals surface area contributed by atoms with Crippen molar-refractivity contribution >= 4 is 29.1 Å². The summed E-state index contributed by atoms with van der Waals surface area (Å²) in [6, 6.07) is 6.25. The first-order valence-electron chi connectivity index (χ1n) is 6.93. The standard InChI is InChI=1S/C12H16ClN4O2PS/c13-11-1-3-12(4-2-11)21(18,19)14-20(15-5-6-15,16-7-8-16)17-9-10-17/h1-4H,5-10H2. The number of halogens is 1. The molecule has 114 valence electrons. The van der Waals surface area contributed by atoms with Crippen molar-refractivity contribution in [1.82, 2.24) is 14.0 Å². The fraction of sp³-hybridized carbons (Fsp3) is 0.500. The van der Waals surface area contributed by atoms with Gasteiger partial charge >= 0.3 is 0 Å². The van der Waals surface area contributed by atoms with Crippen LogP contribution in [0.4, 0.5) is 0 Å². The molecule has 3 aliphatic heterocycles. The van der Waals surface area contributed by atoms with Crippen LogP contribution in [0, 0.1) is 0 Å². The lowest BCUT2D eigenvalue weighted by molar-refractivity contribution is 0.595. The lowest BCUT2D eigenvalue weighted by Crippen LogP contribution is -2.14. The van der Waals surface area contributed by atoms with Crippen LogP contribution in [0.5, 0.6) is 0 Å². The van der Waals surface area contributed by atoms with Crippen LogP contribution in [0.2, 0.25) is 5.02 Å². The molecule has 1 aromatic rings. The predicted octanol–water partition coefficient (Wildman–Crippen LogP) is 1.92. The van der Waals surface area contributed by atoms with Gasteiger partial charge in [-0.3, -0.25) is 0 Å². The Bertz CT molecular complexity index is 686. The summed E-state index contributed by atoms with van der Waals surface area (Å²) in [6.45, 7) is 5.67. The van der Waals surface area contributed by atoms with E-state index in [-0.39, 0.29) is 4.90 Å². The normalized spacial score (nSPS) is 23.1. The lowest BCUT2D eigenvalue weighted by atomic mass is 10.4. The number of rotatable bonds is 5. The summed E-state index contributed by atoms with van der Waals surface area (Å²) in [6.07, 6.45) is 0. The summed E-state index contributed by atoms with van der Waals surface area (Å²) in [7, 11) is -5.83. The molecule has 0 bridgehead atoms. The molecule has 0 unspecified atom stereocenters. The van der Waals surface area contributed by atoms with Gasteiger partial charge in [0.2, 0.25) is 0 Å². The second kappa shape index (κ2) is 4.78. The minimum absolute atomic E-state index is 0.224. The Morgan fingerprint density at radius 1 is 0.905 bits per heavy atom. The fourth-order valence-electron chi connectivity index (χ4n) is 2.43. The van der Waals surface area contributed by atoms with E-state index < -0.39 is 17.5 Å². The predicted molar refractivity (Wildman–Crippen MR) is 82.7 cm³/mol. The Morgan fingerprint density at radius 2 is 1.33 bits per heavy atom. The highest BCUT2D eigenvalue weighted by Gasteiger charge is 2.54. The molecule has 0 spiro atoms. The van der Waals surface area contributed by atoms with E-state index in [1.807, 2.05) is 0 Å². The Labute approximate surface area is 129 Å². The van der Waals surface area contributed by atoms with E-state index in [2.05, 4.69) is 18.2 Å². The van der Waals surface area contributed by atoms with Gasteiger partial charge in [-0.05, 0) is 24.3 Å². The Balaban J connectivity index is 1.81. The van der Waals surface area contributed by atoms with Gasteiger partial charge in [0, 0.05) is 44.3 Å². The van der Waals surface area contributed by atoms with E-state index in [0.29, 0.717) is 5.02 Å². The molecule has 3 heterocycles. The fourth-order valence-corrected chi connectivity index (χ4v) is 8.76. The SMILES string of the molecule is O=S(=O)(N=P(N1CC1)(N1CC1)N1CC1)c1ccc(Cl)cc1. The van der Waals surface area contributed by atoms with Gasteiger partial charge in [-0.15, -0.1) is 4.15 Å². The number of nitrogens with zero attached hydrogens (tertiary/aromatic N) is 4. The van der Waals surface area contributed by atoms with Crippen LogP contribution >= 0.6 is 19.1 Å². The number of sulfonamides is 1.